The molecule has 11 rings (SSSR count). The Morgan fingerprint density at radius 1 is 0.490 bits per heavy atom. The van der Waals surface area contributed by atoms with E-state index in [0.29, 0.717) is 17.6 Å². The predicted molar refractivity (Wildman–Crippen MR) is 217 cm³/mol. The molecule has 4 nitrogen and oxygen atoms in total. The molecule has 6 aromatic carbocycles. The van der Waals surface area contributed by atoms with Gasteiger partial charge in [-0.15, -0.1) is 22.7 Å². The minimum absolute atomic E-state index is 0.622. The molecule has 0 bridgehead atoms. The zero-order valence-electron chi connectivity index (χ0n) is 27.4. The highest BCUT2D eigenvalue weighted by Gasteiger charge is 2.21. The van der Waals surface area contributed by atoms with E-state index < -0.39 is 0 Å². The number of para-hydroxylation sites is 1. The SMILES string of the molecule is C1=CC(c2nc(-c3cccc4c3sc3ccccc34)nc(-n3c4ccccc4c4ccc(-c5cccc6c5sc5ccccc56)cc43)n2)=CCC1. The van der Waals surface area contributed by atoms with Crippen LogP contribution in [0.4, 0.5) is 0 Å². The number of nitrogens with zero attached hydrogens (tertiary/aromatic N) is 4. The van der Waals surface area contributed by atoms with Crippen LogP contribution in [0.5, 0.6) is 0 Å². The van der Waals surface area contributed by atoms with Crippen molar-refractivity contribution in [3.63, 3.8) is 0 Å². The Bertz CT molecular complexity index is 3100. The van der Waals surface area contributed by atoms with Crippen LogP contribution < -0.4 is 0 Å². The largest absolute Gasteiger partial charge is 0.278 e. The van der Waals surface area contributed by atoms with Gasteiger partial charge in [-0.3, -0.25) is 4.57 Å². The van der Waals surface area contributed by atoms with Crippen LogP contribution in [0.15, 0.2) is 146 Å². The molecule has 0 radical (unpaired) electrons. The third kappa shape index (κ3) is 4.47. The molecule has 6 heteroatoms. The van der Waals surface area contributed by atoms with E-state index in [2.05, 4.69) is 150 Å². The lowest BCUT2D eigenvalue weighted by atomic mass is 10.0. The first-order chi connectivity index (χ1) is 25.3. The third-order valence-electron chi connectivity index (χ3n) is 10.1. The fourth-order valence-corrected chi connectivity index (χ4v) is 10.2. The van der Waals surface area contributed by atoms with E-state index in [1.807, 2.05) is 11.3 Å². The van der Waals surface area contributed by atoms with Crippen LogP contribution in [0.2, 0.25) is 0 Å². The number of fused-ring (bicyclic) bond motifs is 9. The van der Waals surface area contributed by atoms with Gasteiger partial charge < -0.3 is 0 Å². The predicted octanol–water partition coefficient (Wildman–Crippen LogP) is 12.8. The van der Waals surface area contributed by atoms with Crippen LogP contribution in [0.1, 0.15) is 18.7 Å². The van der Waals surface area contributed by atoms with E-state index >= 15 is 0 Å². The van der Waals surface area contributed by atoms with E-state index in [4.69, 9.17) is 15.0 Å². The topological polar surface area (TPSA) is 43.6 Å². The van der Waals surface area contributed by atoms with Gasteiger partial charge in [0.05, 0.1) is 11.0 Å². The zero-order valence-corrected chi connectivity index (χ0v) is 29.0. The lowest BCUT2D eigenvalue weighted by Crippen LogP contribution is -2.08. The molecule has 4 aromatic heterocycles. The number of hydrogen-bond donors (Lipinski definition) is 0. The first kappa shape index (κ1) is 28.8. The molecule has 0 amide bonds. The van der Waals surface area contributed by atoms with Gasteiger partial charge in [0, 0.05) is 62.3 Å². The standard InChI is InChI=1S/C45H28N4S2/c1-2-12-27(13-3-1)43-46-44(36-20-11-19-35-33-16-6-9-23-40(33)51-42(35)36)48-45(47-43)49-37-21-7-4-14-30(37)31-25-24-28(26-38(31)49)29-17-10-18-34-32-15-5-8-22-39(32)50-41(29)34/h2,4-26H,1,3H2. The van der Waals surface area contributed by atoms with Gasteiger partial charge in [0.25, 0.3) is 0 Å². The molecular weight excluding hydrogens is 661 g/mol. The Balaban J connectivity index is 1.19. The van der Waals surface area contributed by atoms with Crippen LogP contribution in [0, 0.1) is 0 Å². The number of benzene rings is 6. The maximum absolute atomic E-state index is 5.34. The van der Waals surface area contributed by atoms with Crippen molar-refractivity contribution < 1.29 is 0 Å². The summed E-state index contributed by atoms with van der Waals surface area (Å²) >= 11 is 3.66. The maximum atomic E-state index is 5.34. The Labute approximate surface area is 301 Å². The first-order valence-electron chi connectivity index (χ1n) is 17.3. The van der Waals surface area contributed by atoms with Crippen LogP contribution >= 0.6 is 22.7 Å². The average Bonchev–Trinajstić information content (AvgIpc) is 3.87. The molecule has 1 aliphatic rings. The normalized spacial score (nSPS) is 13.4. The second kappa shape index (κ2) is 11.3. The van der Waals surface area contributed by atoms with Crippen LogP contribution in [-0.4, -0.2) is 19.5 Å². The summed E-state index contributed by atoms with van der Waals surface area (Å²) in [4.78, 5) is 15.8. The van der Waals surface area contributed by atoms with E-state index in [1.54, 1.807) is 11.3 Å². The van der Waals surface area contributed by atoms with Crippen molar-refractivity contribution >= 4 is 90.4 Å². The van der Waals surface area contributed by atoms with E-state index in [9.17, 15) is 0 Å². The second-order valence-electron chi connectivity index (χ2n) is 13.1. The number of hydrogen-bond acceptors (Lipinski definition) is 5. The molecular formula is C45H28N4S2. The minimum Gasteiger partial charge on any atom is -0.278 e. The highest BCUT2D eigenvalue weighted by molar-refractivity contribution is 7.26. The first-order valence-corrected chi connectivity index (χ1v) is 18.9. The smallest absolute Gasteiger partial charge is 0.238 e. The van der Waals surface area contributed by atoms with Gasteiger partial charge in [-0.25, -0.2) is 4.98 Å². The molecule has 0 fully saturated rings. The Kier molecular flexibility index (Phi) is 6.38. The fourth-order valence-electron chi connectivity index (χ4n) is 7.74. The van der Waals surface area contributed by atoms with Gasteiger partial charge in [-0.1, -0.05) is 115 Å². The van der Waals surface area contributed by atoms with Crippen LogP contribution in [0.25, 0.3) is 96.2 Å². The molecule has 240 valence electrons. The van der Waals surface area contributed by atoms with Gasteiger partial charge in [0.15, 0.2) is 11.6 Å². The Morgan fingerprint density at radius 2 is 1.12 bits per heavy atom. The van der Waals surface area contributed by atoms with E-state index in [-0.39, 0.29) is 0 Å². The van der Waals surface area contributed by atoms with Gasteiger partial charge >= 0.3 is 0 Å². The lowest BCUT2D eigenvalue weighted by Gasteiger charge is -2.13. The molecule has 0 N–H and O–H groups in total. The van der Waals surface area contributed by atoms with Crippen molar-refractivity contribution in [3.05, 3.63) is 151 Å². The van der Waals surface area contributed by atoms with E-state index in [1.165, 1.54) is 62.2 Å². The summed E-state index contributed by atoms with van der Waals surface area (Å²) < 4.78 is 7.30. The summed E-state index contributed by atoms with van der Waals surface area (Å²) in [6.45, 7) is 0. The molecule has 10 aromatic rings. The van der Waals surface area contributed by atoms with Crippen LogP contribution in [-0.2, 0) is 0 Å². The van der Waals surface area contributed by atoms with Crippen molar-refractivity contribution in [2.24, 2.45) is 0 Å². The Morgan fingerprint density at radius 3 is 1.86 bits per heavy atom. The van der Waals surface area contributed by atoms with Gasteiger partial charge in [-0.2, -0.15) is 9.97 Å². The minimum atomic E-state index is 0.622. The molecule has 0 unspecified atom stereocenters. The summed E-state index contributed by atoms with van der Waals surface area (Å²) in [5, 5.41) is 7.43. The molecule has 0 saturated heterocycles. The highest BCUT2D eigenvalue weighted by atomic mass is 32.1. The summed E-state index contributed by atoms with van der Waals surface area (Å²) in [5.74, 6) is 2.00. The summed E-state index contributed by atoms with van der Waals surface area (Å²) in [6.07, 6.45) is 8.61. The van der Waals surface area contributed by atoms with Gasteiger partial charge in [-0.05, 0) is 54.3 Å². The molecule has 0 saturated carbocycles. The molecule has 0 atom stereocenters. The zero-order chi connectivity index (χ0) is 33.5. The van der Waals surface area contributed by atoms with Gasteiger partial charge in [0.2, 0.25) is 5.95 Å². The molecule has 51 heavy (non-hydrogen) atoms. The molecule has 0 spiro atoms. The van der Waals surface area contributed by atoms with Crippen molar-refractivity contribution in [3.8, 4) is 28.5 Å². The monoisotopic (exact) mass is 688 g/mol. The average molecular weight is 689 g/mol. The quantitative estimate of drug-likeness (QED) is 0.185. The fraction of sp³-hybridized carbons (Fsp3) is 0.0444. The Hall–Kier alpha value is -5.95. The highest BCUT2D eigenvalue weighted by Crippen LogP contribution is 2.43. The summed E-state index contributed by atoms with van der Waals surface area (Å²) in [5.41, 5.74) is 6.61. The number of allylic oxidation sites excluding steroid dienone is 4. The van der Waals surface area contributed by atoms with Gasteiger partial charge in [0.1, 0.15) is 0 Å². The van der Waals surface area contributed by atoms with Crippen LogP contribution in [0.3, 0.4) is 0 Å². The third-order valence-corrected chi connectivity index (χ3v) is 12.6. The number of thiophene rings is 2. The molecule has 1 aliphatic carbocycles. The maximum Gasteiger partial charge on any atom is 0.238 e. The lowest BCUT2D eigenvalue weighted by molar-refractivity contribution is 0.928. The summed E-state index contributed by atoms with van der Waals surface area (Å²) in [7, 11) is 0. The van der Waals surface area contributed by atoms with Crippen molar-refractivity contribution in [1.82, 2.24) is 19.5 Å². The summed E-state index contributed by atoms with van der Waals surface area (Å²) in [6, 6.07) is 45.9. The van der Waals surface area contributed by atoms with Crippen molar-refractivity contribution in [2.45, 2.75) is 12.8 Å². The van der Waals surface area contributed by atoms with Crippen molar-refractivity contribution in [2.75, 3.05) is 0 Å². The van der Waals surface area contributed by atoms with Crippen molar-refractivity contribution in [1.29, 1.82) is 0 Å². The number of rotatable bonds is 4. The van der Waals surface area contributed by atoms with E-state index in [0.717, 1.165) is 35.0 Å². The second-order valence-corrected chi connectivity index (χ2v) is 15.2. The molecule has 0 aliphatic heterocycles. The molecule has 4 heterocycles. The number of aromatic nitrogens is 4.